The van der Waals surface area contributed by atoms with Crippen LogP contribution in [-0.2, 0) is 0 Å². The Hall–Kier alpha value is 0.250. The average Bonchev–Trinajstić information content (AvgIpc) is 1.12. The van der Waals surface area contributed by atoms with Crippen molar-refractivity contribution in [1.29, 1.82) is 0 Å². The molecule has 0 aromatic rings. The van der Waals surface area contributed by atoms with Gasteiger partial charge in [-0.3, -0.25) is 0 Å². The van der Waals surface area contributed by atoms with Gasteiger partial charge < -0.3 is 0 Å². The molecule has 0 bridgehead atoms. The first-order chi connectivity index (χ1) is 3.89. The van der Waals surface area contributed by atoms with Crippen molar-refractivity contribution in [3.05, 3.63) is 0 Å². The molecule has 0 spiro atoms. The molecular formula is CCl2F5NS. The molecule has 0 unspecified atom stereocenters. The van der Waals surface area contributed by atoms with E-state index in [1.807, 2.05) is 0 Å². The number of rotatable bonds is 1. The van der Waals surface area contributed by atoms with Gasteiger partial charge in [0.15, 0.2) is 0 Å². The molecule has 0 aliphatic rings. The van der Waals surface area contributed by atoms with Crippen LogP contribution < -0.4 is 0 Å². The van der Waals surface area contributed by atoms with Crippen LogP contribution in [0.5, 0.6) is 0 Å². The van der Waals surface area contributed by atoms with E-state index in [0.717, 1.165) is 4.40 Å². The highest BCUT2D eigenvalue weighted by Gasteiger charge is 2.64. The molecule has 1 nitrogen and oxygen atoms in total. The van der Waals surface area contributed by atoms with Crippen LogP contribution in [0.25, 0.3) is 0 Å². The van der Waals surface area contributed by atoms with Crippen molar-refractivity contribution in [3.63, 3.8) is 0 Å². The summed E-state index contributed by atoms with van der Waals surface area (Å²) in [4.78, 5) is 0. The largest absolute Gasteiger partial charge is 0.384 e. The van der Waals surface area contributed by atoms with E-state index in [1.54, 1.807) is 0 Å². The summed E-state index contributed by atoms with van der Waals surface area (Å²) < 4.78 is 54.7. The van der Waals surface area contributed by atoms with Crippen LogP contribution >= 0.6 is 33.6 Å². The third kappa shape index (κ3) is 8.25. The monoisotopic (exact) mass is 223 g/mol. The van der Waals surface area contributed by atoms with Crippen LogP contribution in [0.2, 0.25) is 0 Å². The highest BCUT2D eigenvalue weighted by Crippen LogP contribution is 2.99. The Morgan fingerprint density at radius 3 is 1.30 bits per heavy atom. The third-order valence-electron chi connectivity index (χ3n) is 0.242. The molecule has 0 aromatic carbocycles. The van der Waals surface area contributed by atoms with E-state index in [4.69, 9.17) is 0 Å². The first-order valence-electron chi connectivity index (χ1n) is 1.56. The fourth-order valence-electron chi connectivity index (χ4n) is 0.130. The van der Waals surface area contributed by atoms with E-state index in [-0.39, 0.29) is 0 Å². The van der Waals surface area contributed by atoms with E-state index >= 15 is 0 Å². The zero-order valence-electron chi connectivity index (χ0n) is 4.00. The number of hydrogen-bond donors (Lipinski definition) is 0. The Kier molecular flexibility index (Phi) is 1.74. The van der Waals surface area contributed by atoms with Crippen molar-refractivity contribution < 1.29 is 19.4 Å². The van der Waals surface area contributed by atoms with Gasteiger partial charge in [0.1, 0.15) is 0 Å². The highest BCUT2D eigenvalue weighted by molar-refractivity contribution is 8.44. The molecule has 64 valence electrons. The summed E-state index contributed by atoms with van der Waals surface area (Å²) in [6.07, 6.45) is 0. The molecule has 9 heteroatoms. The number of halogens is 7. The Morgan fingerprint density at radius 1 is 1.00 bits per heavy atom. The minimum Gasteiger partial charge on any atom is -0.103 e. The van der Waals surface area contributed by atoms with Crippen molar-refractivity contribution >= 4 is 38.2 Å². The number of nitrogens with zero attached hydrogens (tertiary/aromatic N) is 1. The molecule has 0 aromatic heterocycles. The van der Waals surface area contributed by atoms with E-state index in [1.165, 1.54) is 0 Å². The van der Waals surface area contributed by atoms with Gasteiger partial charge in [0.2, 0.25) is 4.63 Å². The molecule has 0 aliphatic heterocycles. The smallest absolute Gasteiger partial charge is 0.103 e. The van der Waals surface area contributed by atoms with E-state index < -0.39 is 15.0 Å². The molecular weight excluding hydrogens is 224 g/mol. The molecule has 0 aliphatic carbocycles. The molecule has 0 radical (unpaired) electrons. The second kappa shape index (κ2) is 1.70. The van der Waals surface area contributed by atoms with Crippen LogP contribution in [0.4, 0.5) is 19.4 Å². The summed E-state index contributed by atoms with van der Waals surface area (Å²) >= 11 is 8.57. The van der Waals surface area contributed by atoms with Crippen molar-refractivity contribution in [2.45, 2.75) is 0 Å². The lowest BCUT2D eigenvalue weighted by molar-refractivity contribution is 0.367. The predicted octanol–water partition coefficient (Wildman–Crippen LogP) is 4.03. The van der Waals surface area contributed by atoms with Crippen LogP contribution in [0, 0.1) is 0 Å². The van der Waals surface area contributed by atoms with E-state index in [2.05, 4.69) is 23.2 Å². The second-order valence-corrected chi connectivity index (χ2v) is 4.21. The lowest BCUT2D eigenvalue weighted by Gasteiger charge is -2.34. The van der Waals surface area contributed by atoms with Crippen molar-refractivity contribution in [2.24, 2.45) is 4.40 Å². The van der Waals surface area contributed by atoms with Gasteiger partial charge >= 0.3 is 10.4 Å². The second-order valence-electron chi connectivity index (χ2n) is 1.26. The number of hydrogen-bond acceptors (Lipinski definition) is 1. The Morgan fingerprint density at radius 2 is 1.30 bits per heavy atom. The van der Waals surface area contributed by atoms with Gasteiger partial charge in [-0.2, -0.15) is 0 Å². The quantitative estimate of drug-likeness (QED) is 0.470. The zero-order valence-corrected chi connectivity index (χ0v) is 6.33. The molecule has 0 fully saturated rings. The maximum Gasteiger partial charge on any atom is 0.384 e. The molecule has 0 heterocycles. The van der Waals surface area contributed by atoms with Gasteiger partial charge in [0.05, 0.1) is 0 Å². The maximum atomic E-state index is 11.1. The average molecular weight is 224 g/mol. The van der Waals surface area contributed by atoms with Crippen LogP contribution in [0.1, 0.15) is 0 Å². The minimum absolute atomic E-state index is 0.906. The van der Waals surface area contributed by atoms with E-state index in [9.17, 15) is 19.4 Å². The molecule has 0 saturated heterocycles. The summed E-state index contributed by atoms with van der Waals surface area (Å²) in [6, 6.07) is 0. The van der Waals surface area contributed by atoms with Gasteiger partial charge in [0, 0.05) is 0 Å². The molecule has 10 heavy (non-hydrogen) atoms. The fraction of sp³-hybridized carbons (Fsp3) is 0. The highest BCUT2D eigenvalue weighted by atomic mass is 35.5. The van der Waals surface area contributed by atoms with Crippen LogP contribution in [0.3, 0.4) is 0 Å². The van der Waals surface area contributed by atoms with Crippen molar-refractivity contribution in [1.82, 2.24) is 0 Å². The van der Waals surface area contributed by atoms with Crippen LogP contribution in [0.15, 0.2) is 4.40 Å². The molecule has 0 saturated carbocycles. The van der Waals surface area contributed by atoms with Gasteiger partial charge in [0.25, 0.3) is 0 Å². The van der Waals surface area contributed by atoms with Gasteiger partial charge in [-0.25, -0.2) is 0 Å². The van der Waals surface area contributed by atoms with Gasteiger partial charge in [-0.05, 0) is 23.2 Å². The summed E-state index contributed by atoms with van der Waals surface area (Å²) in [5.41, 5.74) is 0. The summed E-state index contributed by atoms with van der Waals surface area (Å²) in [5.74, 6) is 0. The Labute approximate surface area is 62.7 Å². The van der Waals surface area contributed by atoms with Crippen molar-refractivity contribution in [3.8, 4) is 0 Å². The fourth-order valence-corrected chi connectivity index (χ4v) is 1.17. The van der Waals surface area contributed by atoms with Crippen molar-refractivity contribution in [2.75, 3.05) is 0 Å². The summed E-state index contributed by atoms with van der Waals surface area (Å²) in [5, 5.41) is 0. The summed E-state index contributed by atoms with van der Waals surface area (Å²) in [6.45, 7) is 0. The zero-order chi connectivity index (χ0) is 8.69. The third-order valence-corrected chi connectivity index (χ3v) is 1.14. The first-order valence-corrected chi connectivity index (χ1v) is 4.22. The minimum atomic E-state index is -9.78. The molecule has 0 N–H and O–H groups in total. The lowest BCUT2D eigenvalue weighted by Crippen LogP contribution is -2.00. The normalized spacial score (nSPS) is 19.1. The van der Waals surface area contributed by atoms with Crippen LogP contribution in [-0.4, -0.2) is 4.63 Å². The Bertz CT molecular complexity index is 173. The van der Waals surface area contributed by atoms with Gasteiger partial charge in [-0.15, -0.1) is 4.40 Å². The standard InChI is InChI=1S/CCl2F5NS/c2-1(3)9-10(4,5,6,7)8. The molecule has 0 atom stereocenters. The molecule has 0 amide bonds. The predicted molar refractivity (Wildman–Crippen MR) is 32.3 cm³/mol. The van der Waals surface area contributed by atoms with E-state index in [0.29, 0.717) is 0 Å². The maximum absolute atomic E-state index is 11.1. The lowest BCUT2D eigenvalue weighted by atomic mass is 11.7. The Balaban J connectivity index is 4.96. The summed E-state index contributed by atoms with van der Waals surface area (Å²) in [7, 11) is -9.78. The van der Waals surface area contributed by atoms with Gasteiger partial charge in [-0.1, -0.05) is 19.4 Å². The first kappa shape index (κ1) is 10.2. The molecule has 0 rings (SSSR count). The SMILES string of the molecule is FS(F)(F)(F)(F)N=C(Cl)Cl. The topological polar surface area (TPSA) is 12.4 Å².